The molecule has 66 valence electrons. The summed E-state index contributed by atoms with van der Waals surface area (Å²) in [6.45, 7) is 0. The van der Waals surface area contributed by atoms with Gasteiger partial charge in [0.05, 0.1) is 18.7 Å². The molecule has 0 aliphatic heterocycles. The zero-order valence-electron chi connectivity index (χ0n) is 7.32. The Morgan fingerprint density at radius 3 is 2.67 bits per heavy atom. The molecular weight excluding hydrogens is 170 g/mol. The SMILES string of the molecule is COc1ccccc1N(C)CS. The number of methoxy groups -OCH3 is 1. The van der Waals surface area contributed by atoms with Crippen LogP contribution in [0.3, 0.4) is 0 Å². The Balaban J connectivity index is 2.96. The molecule has 2 nitrogen and oxygen atoms in total. The summed E-state index contributed by atoms with van der Waals surface area (Å²) in [5.74, 6) is 1.56. The van der Waals surface area contributed by atoms with Gasteiger partial charge in [0.2, 0.25) is 0 Å². The second-order valence-corrected chi connectivity index (χ2v) is 2.79. The number of benzene rings is 1. The van der Waals surface area contributed by atoms with E-state index in [4.69, 9.17) is 4.74 Å². The van der Waals surface area contributed by atoms with Gasteiger partial charge in [-0.05, 0) is 12.1 Å². The fourth-order valence-electron chi connectivity index (χ4n) is 1.02. The monoisotopic (exact) mass is 183 g/mol. The molecule has 1 aromatic rings. The van der Waals surface area contributed by atoms with Gasteiger partial charge in [-0.15, -0.1) is 0 Å². The first-order valence-electron chi connectivity index (χ1n) is 3.74. The molecule has 0 radical (unpaired) electrons. The van der Waals surface area contributed by atoms with Crippen LogP contribution in [0.4, 0.5) is 5.69 Å². The van der Waals surface area contributed by atoms with E-state index in [9.17, 15) is 0 Å². The van der Waals surface area contributed by atoms with E-state index in [1.54, 1.807) is 7.11 Å². The van der Waals surface area contributed by atoms with Crippen molar-refractivity contribution in [2.45, 2.75) is 0 Å². The number of hydrogen-bond acceptors (Lipinski definition) is 3. The van der Waals surface area contributed by atoms with Gasteiger partial charge in [-0.2, -0.15) is 12.6 Å². The third-order valence-electron chi connectivity index (χ3n) is 1.71. The molecule has 0 amide bonds. The van der Waals surface area contributed by atoms with E-state index >= 15 is 0 Å². The number of anilines is 1. The average Bonchev–Trinajstić information content (AvgIpc) is 2.16. The van der Waals surface area contributed by atoms with E-state index in [0.29, 0.717) is 5.88 Å². The largest absolute Gasteiger partial charge is 0.495 e. The van der Waals surface area contributed by atoms with Gasteiger partial charge >= 0.3 is 0 Å². The lowest BCUT2D eigenvalue weighted by molar-refractivity contribution is 0.415. The van der Waals surface area contributed by atoms with Gasteiger partial charge in [-0.25, -0.2) is 0 Å². The van der Waals surface area contributed by atoms with Crippen LogP contribution in [0.15, 0.2) is 24.3 Å². The Labute approximate surface area is 78.6 Å². The van der Waals surface area contributed by atoms with Crippen LogP contribution in [-0.2, 0) is 0 Å². The number of nitrogens with zero attached hydrogens (tertiary/aromatic N) is 1. The summed E-state index contributed by atoms with van der Waals surface area (Å²) < 4.78 is 5.19. The highest BCUT2D eigenvalue weighted by Crippen LogP contribution is 2.26. The van der Waals surface area contributed by atoms with Gasteiger partial charge in [-0.1, -0.05) is 12.1 Å². The van der Waals surface area contributed by atoms with Gasteiger partial charge in [0.25, 0.3) is 0 Å². The number of thiol groups is 1. The Hall–Kier alpha value is -0.830. The smallest absolute Gasteiger partial charge is 0.142 e. The van der Waals surface area contributed by atoms with E-state index in [-0.39, 0.29) is 0 Å². The summed E-state index contributed by atoms with van der Waals surface area (Å²) >= 11 is 4.18. The minimum absolute atomic E-state index is 0.681. The lowest BCUT2D eigenvalue weighted by Gasteiger charge is -2.18. The molecule has 1 aromatic carbocycles. The van der Waals surface area contributed by atoms with Gasteiger partial charge < -0.3 is 9.64 Å². The molecule has 1 rings (SSSR count). The quantitative estimate of drug-likeness (QED) is 0.568. The van der Waals surface area contributed by atoms with Crippen LogP contribution in [0.1, 0.15) is 0 Å². The van der Waals surface area contributed by atoms with Gasteiger partial charge in [-0.3, -0.25) is 0 Å². The summed E-state index contributed by atoms with van der Waals surface area (Å²) in [4.78, 5) is 2.02. The molecule has 0 aliphatic rings. The van der Waals surface area contributed by atoms with E-state index in [1.165, 1.54) is 0 Å². The van der Waals surface area contributed by atoms with Gasteiger partial charge in [0.1, 0.15) is 5.75 Å². The predicted octanol–water partition coefficient (Wildman–Crippen LogP) is 2.02. The lowest BCUT2D eigenvalue weighted by atomic mass is 10.3. The van der Waals surface area contributed by atoms with E-state index in [1.807, 2.05) is 36.2 Å². The summed E-state index contributed by atoms with van der Waals surface area (Å²) in [6.07, 6.45) is 0. The molecule has 0 N–H and O–H groups in total. The summed E-state index contributed by atoms with van der Waals surface area (Å²) in [7, 11) is 3.65. The molecule has 0 atom stereocenters. The average molecular weight is 183 g/mol. The molecule has 0 spiro atoms. The molecule has 3 heteroatoms. The number of hydrogen-bond donors (Lipinski definition) is 1. The Bertz CT molecular complexity index is 252. The van der Waals surface area contributed by atoms with Crippen molar-refractivity contribution in [3.8, 4) is 5.75 Å². The second-order valence-electron chi connectivity index (χ2n) is 2.51. The zero-order chi connectivity index (χ0) is 8.97. The molecule has 0 saturated heterocycles. The van der Waals surface area contributed by atoms with Crippen LogP contribution in [0, 0.1) is 0 Å². The Morgan fingerprint density at radius 1 is 1.42 bits per heavy atom. The van der Waals surface area contributed by atoms with Crippen LogP contribution in [-0.4, -0.2) is 20.0 Å². The highest BCUT2D eigenvalue weighted by atomic mass is 32.1. The van der Waals surface area contributed by atoms with Crippen LogP contribution in [0.2, 0.25) is 0 Å². The van der Waals surface area contributed by atoms with E-state index in [0.717, 1.165) is 11.4 Å². The van der Waals surface area contributed by atoms with Crippen molar-refractivity contribution in [3.05, 3.63) is 24.3 Å². The summed E-state index contributed by atoms with van der Waals surface area (Å²) in [6, 6.07) is 7.89. The van der Waals surface area contributed by atoms with Gasteiger partial charge in [0, 0.05) is 7.05 Å². The molecule has 0 aliphatic carbocycles. The lowest BCUT2D eigenvalue weighted by Crippen LogP contribution is -2.14. The first-order valence-corrected chi connectivity index (χ1v) is 4.38. The molecule has 0 unspecified atom stereocenters. The molecule has 0 aromatic heterocycles. The van der Waals surface area contributed by atoms with Crippen molar-refractivity contribution < 1.29 is 4.74 Å². The van der Waals surface area contributed by atoms with Crippen molar-refractivity contribution in [2.75, 3.05) is 24.9 Å². The maximum absolute atomic E-state index is 5.19. The molecular formula is C9H13NOS. The summed E-state index contributed by atoms with van der Waals surface area (Å²) in [5, 5.41) is 0. The Morgan fingerprint density at radius 2 is 2.08 bits per heavy atom. The highest BCUT2D eigenvalue weighted by Gasteiger charge is 2.03. The number of para-hydroxylation sites is 2. The second kappa shape index (κ2) is 4.26. The first kappa shape index (κ1) is 9.26. The third-order valence-corrected chi connectivity index (χ3v) is 2.13. The molecule has 12 heavy (non-hydrogen) atoms. The predicted molar refractivity (Wildman–Crippen MR) is 55.3 cm³/mol. The van der Waals surface area contributed by atoms with Crippen molar-refractivity contribution in [1.29, 1.82) is 0 Å². The van der Waals surface area contributed by atoms with Crippen LogP contribution in [0.25, 0.3) is 0 Å². The zero-order valence-corrected chi connectivity index (χ0v) is 8.21. The van der Waals surface area contributed by atoms with Crippen molar-refractivity contribution in [3.63, 3.8) is 0 Å². The van der Waals surface area contributed by atoms with E-state index < -0.39 is 0 Å². The molecule has 0 heterocycles. The van der Waals surface area contributed by atoms with Crippen LogP contribution < -0.4 is 9.64 Å². The van der Waals surface area contributed by atoms with Crippen molar-refractivity contribution in [1.82, 2.24) is 0 Å². The normalized spacial score (nSPS) is 9.58. The molecule has 0 bridgehead atoms. The number of ether oxygens (including phenoxy) is 1. The topological polar surface area (TPSA) is 12.5 Å². The first-order chi connectivity index (χ1) is 5.79. The fourth-order valence-corrected chi connectivity index (χ4v) is 1.17. The third kappa shape index (κ3) is 1.85. The highest BCUT2D eigenvalue weighted by molar-refractivity contribution is 7.80. The minimum Gasteiger partial charge on any atom is -0.495 e. The van der Waals surface area contributed by atoms with Gasteiger partial charge in [0.15, 0.2) is 0 Å². The van der Waals surface area contributed by atoms with Crippen LogP contribution in [0.5, 0.6) is 5.75 Å². The standard InChI is InChI=1S/C9H13NOS/c1-10(7-12)8-5-3-4-6-9(8)11-2/h3-6,12H,7H2,1-2H3. The minimum atomic E-state index is 0.681. The fraction of sp³-hybridized carbons (Fsp3) is 0.333. The van der Waals surface area contributed by atoms with Crippen molar-refractivity contribution in [2.24, 2.45) is 0 Å². The molecule has 0 fully saturated rings. The summed E-state index contributed by atoms with van der Waals surface area (Å²) in [5.41, 5.74) is 1.06. The number of rotatable bonds is 3. The van der Waals surface area contributed by atoms with Crippen molar-refractivity contribution >= 4 is 18.3 Å². The maximum atomic E-state index is 5.19. The van der Waals surface area contributed by atoms with Crippen LogP contribution >= 0.6 is 12.6 Å². The van der Waals surface area contributed by atoms with E-state index in [2.05, 4.69) is 12.6 Å². The molecule has 0 saturated carbocycles. The maximum Gasteiger partial charge on any atom is 0.142 e. The Kier molecular flexibility index (Phi) is 3.29.